The Kier molecular flexibility index (Phi) is 4.97. The summed E-state index contributed by atoms with van der Waals surface area (Å²) in [6, 6.07) is 15.9. The zero-order valence-corrected chi connectivity index (χ0v) is 16.1. The molecular weight excluding hydrogens is 390 g/mol. The summed E-state index contributed by atoms with van der Waals surface area (Å²) in [5.74, 6) is 0.358. The molecule has 4 rings (SSSR count). The maximum absolute atomic E-state index is 12.0. The van der Waals surface area contributed by atoms with Crippen LogP contribution in [0.3, 0.4) is 0 Å². The van der Waals surface area contributed by atoms with Crippen LogP contribution in [0.1, 0.15) is 6.92 Å². The van der Waals surface area contributed by atoms with Crippen LogP contribution in [0.4, 0.5) is 22.0 Å². The average Bonchev–Trinajstić information content (AvgIpc) is 3.24. The lowest BCUT2D eigenvalue weighted by Gasteiger charge is -2.22. The van der Waals surface area contributed by atoms with Crippen LogP contribution in [0.25, 0.3) is 0 Å². The van der Waals surface area contributed by atoms with Crippen molar-refractivity contribution in [2.45, 2.75) is 19.1 Å². The Morgan fingerprint density at radius 1 is 1.20 bits per heavy atom. The highest BCUT2D eigenvalue weighted by atomic mass is 16.6. The minimum absolute atomic E-state index is 0.205. The van der Waals surface area contributed by atoms with Crippen LogP contribution < -0.4 is 20.1 Å². The van der Waals surface area contributed by atoms with Crippen LogP contribution in [-0.2, 0) is 6.54 Å². The third-order valence-electron chi connectivity index (χ3n) is 4.44. The van der Waals surface area contributed by atoms with Crippen molar-refractivity contribution < 1.29 is 19.2 Å². The standard InChI is InChI=1S/C20H19N5O5/c1-20(12-24-11-17(25(27)28)23-19(24)30-20)13-29-16-9-7-15(8-10-16)22-18(26)21-14-5-3-2-4-6-14/h2-11H,12-13H2,1H3,(H2,21,22,26)/t20-/m1/s1. The minimum Gasteiger partial charge on any atom is -0.489 e. The normalized spacial score (nSPS) is 17.0. The second-order valence-electron chi connectivity index (χ2n) is 7.08. The van der Waals surface area contributed by atoms with Gasteiger partial charge in [-0.3, -0.25) is 4.57 Å². The first-order valence-corrected chi connectivity index (χ1v) is 9.17. The van der Waals surface area contributed by atoms with E-state index in [2.05, 4.69) is 15.6 Å². The molecule has 2 N–H and O–H groups in total. The quantitative estimate of drug-likeness (QED) is 0.473. The van der Waals surface area contributed by atoms with Crippen LogP contribution in [-0.4, -0.2) is 32.7 Å². The molecule has 10 nitrogen and oxygen atoms in total. The van der Waals surface area contributed by atoms with E-state index >= 15 is 0 Å². The Morgan fingerprint density at radius 3 is 2.50 bits per heavy atom. The molecule has 2 aromatic carbocycles. The lowest BCUT2D eigenvalue weighted by atomic mass is 10.1. The predicted molar refractivity (Wildman–Crippen MR) is 109 cm³/mol. The molecule has 10 heteroatoms. The van der Waals surface area contributed by atoms with Gasteiger partial charge in [-0.05, 0) is 48.2 Å². The average molecular weight is 409 g/mol. The van der Waals surface area contributed by atoms with Crippen molar-refractivity contribution in [2.24, 2.45) is 0 Å². The van der Waals surface area contributed by atoms with Crippen LogP contribution >= 0.6 is 0 Å². The highest BCUT2D eigenvalue weighted by Crippen LogP contribution is 2.31. The molecule has 1 aromatic heterocycles. The number of imidazole rings is 1. The SMILES string of the molecule is C[C@]1(COc2ccc(NC(=O)Nc3ccccc3)cc2)Cn2cc([N+](=O)[O-])nc2O1. The van der Waals surface area contributed by atoms with Gasteiger partial charge in [0.2, 0.25) is 0 Å². The molecule has 0 unspecified atom stereocenters. The van der Waals surface area contributed by atoms with E-state index in [1.54, 1.807) is 41.0 Å². The summed E-state index contributed by atoms with van der Waals surface area (Å²) in [6.45, 7) is 2.46. The van der Waals surface area contributed by atoms with Crippen molar-refractivity contribution in [1.82, 2.24) is 9.55 Å². The highest BCUT2D eigenvalue weighted by Gasteiger charge is 2.41. The lowest BCUT2D eigenvalue weighted by Crippen LogP contribution is -2.38. The zero-order valence-electron chi connectivity index (χ0n) is 16.1. The third kappa shape index (κ3) is 4.32. The highest BCUT2D eigenvalue weighted by molar-refractivity contribution is 5.99. The van der Waals surface area contributed by atoms with Crippen LogP contribution in [0.15, 0.2) is 60.8 Å². The first-order valence-electron chi connectivity index (χ1n) is 9.17. The molecular formula is C20H19N5O5. The van der Waals surface area contributed by atoms with Gasteiger partial charge in [0.25, 0.3) is 0 Å². The number of carbonyl (C=O) groups excluding carboxylic acids is 1. The van der Waals surface area contributed by atoms with Crippen LogP contribution in [0.5, 0.6) is 11.8 Å². The molecule has 0 spiro atoms. The number of benzene rings is 2. The monoisotopic (exact) mass is 409 g/mol. The number of nitrogens with zero attached hydrogens (tertiary/aromatic N) is 3. The van der Waals surface area contributed by atoms with Crippen molar-refractivity contribution >= 4 is 23.2 Å². The first-order chi connectivity index (χ1) is 14.4. The molecule has 0 radical (unpaired) electrons. The Bertz CT molecular complexity index is 1040. The molecule has 1 aliphatic rings. The van der Waals surface area contributed by atoms with E-state index in [4.69, 9.17) is 9.47 Å². The number of para-hydroxylation sites is 1. The van der Waals surface area contributed by atoms with Gasteiger partial charge in [0.05, 0.1) is 6.54 Å². The maximum Gasteiger partial charge on any atom is 0.415 e. The van der Waals surface area contributed by atoms with Gasteiger partial charge >= 0.3 is 17.9 Å². The summed E-state index contributed by atoms with van der Waals surface area (Å²) in [7, 11) is 0. The smallest absolute Gasteiger partial charge is 0.415 e. The van der Waals surface area contributed by atoms with Gasteiger partial charge in [0.1, 0.15) is 18.6 Å². The number of fused-ring (bicyclic) bond motifs is 1. The molecule has 154 valence electrons. The molecule has 2 amide bonds. The number of nitrogens with one attached hydrogen (secondary N) is 2. The van der Waals surface area contributed by atoms with E-state index in [-0.39, 0.29) is 24.5 Å². The van der Waals surface area contributed by atoms with Gasteiger partial charge in [-0.25, -0.2) is 4.79 Å². The number of ether oxygens (including phenoxy) is 2. The Hall–Kier alpha value is -4.08. The summed E-state index contributed by atoms with van der Waals surface area (Å²) in [5.41, 5.74) is 0.626. The zero-order chi connectivity index (χ0) is 21.1. The van der Waals surface area contributed by atoms with E-state index in [1.165, 1.54) is 6.20 Å². The maximum atomic E-state index is 12.0. The predicted octanol–water partition coefficient (Wildman–Crippen LogP) is 3.67. The number of hydrogen-bond donors (Lipinski definition) is 2. The van der Waals surface area contributed by atoms with Gasteiger partial charge in [0.15, 0.2) is 5.60 Å². The van der Waals surface area contributed by atoms with Crippen molar-refractivity contribution in [1.29, 1.82) is 0 Å². The Balaban J connectivity index is 1.29. The van der Waals surface area contributed by atoms with E-state index in [0.29, 0.717) is 23.7 Å². The number of carbonyl (C=O) groups is 1. The molecule has 3 aromatic rings. The second-order valence-corrected chi connectivity index (χ2v) is 7.08. The first kappa shape index (κ1) is 19.2. The van der Waals surface area contributed by atoms with Crippen molar-refractivity contribution in [3.8, 4) is 11.8 Å². The molecule has 0 aliphatic carbocycles. The van der Waals surface area contributed by atoms with Gasteiger partial charge < -0.3 is 30.2 Å². The summed E-state index contributed by atoms with van der Waals surface area (Å²) >= 11 is 0. The molecule has 0 fully saturated rings. The van der Waals surface area contributed by atoms with Crippen LogP contribution in [0.2, 0.25) is 0 Å². The van der Waals surface area contributed by atoms with Crippen molar-refractivity contribution in [3.05, 3.63) is 70.9 Å². The lowest BCUT2D eigenvalue weighted by molar-refractivity contribution is -0.389. The van der Waals surface area contributed by atoms with Crippen molar-refractivity contribution in [2.75, 3.05) is 17.2 Å². The summed E-state index contributed by atoms with van der Waals surface area (Å²) < 4.78 is 13.1. The number of anilines is 2. The topological polar surface area (TPSA) is 121 Å². The third-order valence-corrected chi connectivity index (χ3v) is 4.44. The number of urea groups is 1. The molecule has 1 atom stereocenters. The summed E-state index contributed by atoms with van der Waals surface area (Å²) in [5, 5.41) is 16.3. The number of amides is 2. The fourth-order valence-electron chi connectivity index (χ4n) is 3.04. The number of rotatable bonds is 6. The van der Waals surface area contributed by atoms with E-state index < -0.39 is 10.5 Å². The van der Waals surface area contributed by atoms with E-state index in [0.717, 1.165) is 0 Å². The van der Waals surface area contributed by atoms with E-state index in [1.807, 2.05) is 25.1 Å². The van der Waals surface area contributed by atoms with Gasteiger partial charge in [-0.2, -0.15) is 0 Å². The fourth-order valence-corrected chi connectivity index (χ4v) is 3.04. The van der Waals surface area contributed by atoms with Gasteiger partial charge in [-0.1, -0.05) is 18.2 Å². The Morgan fingerprint density at radius 2 is 1.87 bits per heavy atom. The van der Waals surface area contributed by atoms with Crippen LogP contribution in [0, 0.1) is 10.1 Å². The molecule has 2 heterocycles. The molecule has 1 aliphatic heterocycles. The summed E-state index contributed by atoms with van der Waals surface area (Å²) in [4.78, 5) is 26.1. The molecule has 0 saturated heterocycles. The number of aromatic nitrogens is 2. The second kappa shape index (κ2) is 7.74. The Labute approximate surface area is 171 Å². The van der Waals surface area contributed by atoms with Gasteiger partial charge in [0, 0.05) is 16.4 Å². The minimum atomic E-state index is -0.691. The number of hydrogen-bond acceptors (Lipinski definition) is 6. The largest absolute Gasteiger partial charge is 0.489 e. The summed E-state index contributed by atoms with van der Waals surface area (Å²) in [6.07, 6.45) is 1.35. The van der Waals surface area contributed by atoms with Gasteiger partial charge in [-0.15, -0.1) is 0 Å². The fraction of sp³-hybridized carbons (Fsp3) is 0.200. The molecule has 0 bridgehead atoms. The molecule has 0 saturated carbocycles. The van der Waals surface area contributed by atoms with E-state index in [9.17, 15) is 14.9 Å². The molecule has 30 heavy (non-hydrogen) atoms. The number of nitro groups is 1. The van der Waals surface area contributed by atoms with Crippen molar-refractivity contribution in [3.63, 3.8) is 0 Å².